The number of hydrogen-bond donors (Lipinski definition) is 2. The molecule has 0 fully saturated rings. The molecule has 140 valence electrons. The number of nitrogens with one attached hydrogen (secondary N) is 1. The van der Waals surface area contributed by atoms with E-state index in [2.05, 4.69) is 5.32 Å². The van der Waals surface area contributed by atoms with Gasteiger partial charge in [-0.3, -0.25) is 4.79 Å². The summed E-state index contributed by atoms with van der Waals surface area (Å²) < 4.78 is 5.58. The maximum absolute atomic E-state index is 12.4. The molecule has 0 aromatic heterocycles. The first-order valence-electron chi connectivity index (χ1n) is 8.90. The Morgan fingerprint density at radius 3 is 2.69 bits per heavy atom. The second-order valence-corrected chi connectivity index (χ2v) is 6.57. The minimum absolute atomic E-state index is 0.0432. The predicted octanol–water partition coefficient (Wildman–Crippen LogP) is 3.98. The second-order valence-electron chi connectivity index (χ2n) is 6.19. The van der Waals surface area contributed by atoms with Gasteiger partial charge in [0.05, 0.1) is 12.7 Å². The van der Waals surface area contributed by atoms with Crippen LogP contribution in [0.15, 0.2) is 54.6 Å². The van der Waals surface area contributed by atoms with Gasteiger partial charge in [0.25, 0.3) is 0 Å². The third-order valence-corrected chi connectivity index (χ3v) is 4.40. The number of halogens is 1. The van der Waals surface area contributed by atoms with Crippen LogP contribution < -0.4 is 10.1 Å². The molecule has 0 heterocycles. The number of aliphatic hydroxyl groups excluding tert-OH is 1. The Morgan fingerprint density at radius 1 is 1.19 bits per heavy atom. The first kappa shape index (κ1) is 20.4. The fourth-order valence-corrected chi connectivity index (χ4v) is 2.72. The van der Waals surface area contributed by atoms with Crippen LogP contribution >= 0.6 is 11.6 Å². The van der Waals surface area contributed by atoms with E-state index in [4.69, 9.17) is 16.3 Å². The number of rotatable bonds is 11. The molecule has 0 aliphatic carbocycles. The van der Waals surface area contributed by atoms with Gasteiger partial charge in [-0.1, -0.05) is 42.5 Å². The third kappa shape index (κ3) is 6.45. The van der Waals surface area contributed by atoms with E-state index in [1.807, 2.05) is 49.4 Å². The van der Waals surface area contributed by atoms with E-state index in [9.17, 15) is 9.90 Å². The number of ether oxygens (including phenoxy) is 1. The highest BCUT2D eigenvalue weighted by Crippen LogP contribution is 2.17. The lowest BCUT2D eigenvalue weighted by Crippen LogP contribution is -2.33. The van der Waals surface area contributed by atoms with Crippen molar-refractivity contribution in [2.45, 2.75) is 31.9 Å². The number of aliphatic hydroxyl groups is 1. The summed E-state index contributed by atoms with van der Waals surface area (Å²) in [5, 5.41) is 13.6. The molecule has 0 spiro atoms. The van der Waals surface area contributed by atoms with E-state index in [-0.39, 0.29) is 11.8 Å². The normalized spacial score (nSPS) is 13.2. The number of carbonyl (C=O) groups is 1. The molecular formula is C21H26ClNO3. The van der Waals surface area contributed by atoms with Crippen molar-refractivity contribution < 1.29 is 14.6 Å². The highest BCUT2D eigenvalue weighted by molar-refractivity contribution is 6.17. The van der Waals surface area contributed by atoms with E-state index >= 15 is 0 Å². The van der Waals surface area contributed by atoms with Gasteiger partial charge in [-0.15, -0.1) is 11.6 Å². The summed E-state index contributed by atoms with van der Waals surface area (Å²) in [5.41, 5.74) is 1.49. The minimum atomic E-state index is -0.607. The zero-order valence-electron chi connectivity index (χ0n) is 15.0. The molecule has 0 bridgehead atoms. The largest absolute Gasteiger partial charge is 0.494 e. The van der Waals surface area contributed by atoms with Crippen LogP contribution in [0, 0.1) is 0 Å². The lowest BCUT2D eigenvalue weighted by atomic mass is 10.0. The highest BCUT2D eigenvalue weighted by atomic mass is 35.5. The maximum atomic E-state index is 12.4. The van der Waals surface area contributed by atoms with Crippen molar-refractivity contribution in [1.29, 1.82) is 0 Å². The van der Waals surface area contributed by atoms with Crippen LogP contribution in [0.4, 0.5) is 0 Å². The topological polar surface area (TPSA) is 58.6 Å². The molecule has 2 unspecified atom stereocenters. The smallest absolute Gasteiger partial charge is 0.164 e. The van der Waals surface area contributed by atoms with Crippen LogP contribution in [0.1, 0.15) is 41.8 Å². The van der Waals surface area contributed by atoms with Crippen LogP contribution in [0.25, 0.3) is 0 Å². The summed E-state index contributed by atoms with van der Waals surface area (Å²) in [6, 6.07) is 16.6. The Kier molecular flexibility index (Phi) is 8.62. The van der Waals surface area contributed by atoms with E-state index < -0.39 is 6.10 Å². The van der Waals surface area contributed by atoms with Crippen molar-refractivity contribution in [1.82, 2.24) is 5.32 Å². The van der Waals surface area contributed by atoms with Crippen LogP contribution in [-0.4, -0.2) is 36.0 Å². The quantitative estimate of drug-likeness (QED) is 0.354. The van der Waals surface area contributed by atoms with Gasteiger partial charge in [0.2, 0.25) is 0 Å². The SMILES string of the molecule is CC(NCCC(=O)c1cccc(OCCCCl)c1)C(O)c1ccccc1. The molecule has 4 nitrogen and oxygen atoms in total. The van der Waals surface area contributed by atoms with Gasteiger partial charge in [0.15, 0.2) is 5.78 Å². The van der Waals surface area contributed by atoms with Gasteiger partial charge in [-0.05, 0) is 31.0 Å². The fraction of sp³-hybridized carbons (Fsp3) is 0.381. The molecule has 2 N–H and O–H groups in total. The zero-order chi connectivity index (χ0) is 18.8. The summed E-state index contributed by atoms with van der Waals surface area (Å²) >= 11 is 5.63. The molecule has 2 rings (SSSR count). The van der Waals surface area contributed by atoms with E-state index in [0.29, 0.717) is 36.8 Å². The molecule has 0 saturated carbocycles. The molecule has 26 heavy (non-hydrogen) atoms. The molecule has 2 atom stereocenters. The molecule has 0 radical (unpaired) electrons. The standard InChI is InChI=1S/C21H26ClNO3/c1-16(21(25)17-7-3-2-4-8-17)23-13-11-20(24)18-9-5-10-19(15-18)26-14-6-12-22/h2-5,7-10,15-16,21,23,25H,6,11-14H2,1H3. The van der Waals surface area contributed by atoms with Crippen molar-refractivity contribution >= 4 is 17.4 Å². The average Bonchev–Trinajstić information content (AvgIpc) is 2.68. The molecule has 5 heteroatoms. The molecular weight excluding hydrogens is 350 g/mol. The van der Waals surface area contributed by atoms with Gasteiger partial charge in [-0.25, -0.2) is 0 Å². The van der Waals surface area contributed by atoms with Crippen LogP contribution in [-0.2, 0) is 0 Å². The zero-order valence-corrected chi connectivity index (χ0v) is 15.8. The van der Waals surface area contributed by atoms with Crippen LogP contribution in [0.2, 0.25) is 0 Å². The third-order valence-electron chi connectivity index (χ3n) is 4.14. The van der Waals surface area contributed by atoms with Crippen molar-refractivity contribution in [3.8, 4) is 5.75 Å². The number of benzene rings is 2. The van der Waals surface area contributed by atoms with Crippen LogP contribution in [0.5, 0.6) is 5.75 Å². The molecule has 0 amide bonds. The van der Waals surface area contributed by atoms with Gasteiger partial charge < -0.3 is 15.2 Å². The lowest BCUT2D eigenvalue weighted by Gasteiger charge is -2.20. The number of Topliss-reactive ketones (excluding diaryl/α,β-unsaturated/α-hetero) is 1. The number of alkyl halides is 1. The summed E-state index contributed by atoms with van der Waals surface area (Å²) in [4.78, 5) is 12.4. The fourth-order valence-electron chi connectivity index (χ4n) is 2.61. The highest BCUT2D eigenvalue weighted by Gasteiger charge is 2.16. The molecule has 0 aliphatic heterocycles. The Hall–Kier alpha value is -1.88. The van der Waals surface area contributed by atoms with E-state index in [1.165, 1.54) is 0 Å². The number of hydrogen-bond acceptors (Lipinski definition) is 4. The van der Waals surface area contributed by atoms with Gasteiger partial charge in [0.1, 0.15) is 5.75 Å². The molecule has 2 aromatic rings. The second kappa shape index (κ2) is 11.0. The predicted molar refractivity (Wildman–Crippen MR) is 105 cm³/mol. The molecule has 0 aliphatic rings. The monoisotopic (exact) mass is 375 g/mol. The molecule has 2 aromatic carbocycles. The van der Waals surface area contributed by atoms with Crippen molar-refractivity contribution in [3.05, 3.63) is 65.7 Å². The summed E-state index contributed by atoms with van der Waals surface area (Å²) in [6.07, 6.45) is 0.521. The van der Waals surface area contributed by atoms with Gasteiger partial charge in [-0.2, -0.15) is 0 Å². The molecule has 0 saturated heterocycles. The lowest BCUT2D eigenvalue weighted by molar-refractivity contribution is 0.0971. The Labute approximate surface area is 160 Å². The summed E-state index contributed by atoms with van der Waals surface area (Å²) in [5.74, 6) is 1.28. The van der Waals surface area contributed by atoms with Gasteiger partial charge in [0, 0.05) is 30.5 Å². The Morgan fingerprint density at radius 2 is 1.96 bits per heavy atom. The van der Waals surface area contributed by atoms with Crippen molar-refractivity contribution in [2.24, 2.45) is 0 Å². The first-order chi connectivity index (χ1) is 12.6. The Bertz CT molecular complexity index is 678. The van der Waals surface area contributed by atoms with Crippen molar-refractivity contribution in [3.63, 3.8) is 0 Å². The summed E-state index contributed by atoms with van der Waals surface area (Å²) in [7, 11) is 0. The summed E-state index contributed by atoms with van der Waals surface area (Å²) in [6.45, 7) is 2.95. The van der Waals surface area contributed by atoms with Crippen molar-refractivity contribution in [2.75, 3.05) is 19.0 Å². The average molecular weight is 376 g/mol. The minimum Gasteiger partial charge on any atom is -0.494 e. The first-order valence-corrected chi connectivity index (χ1v) is 9.43. The maximum Gasteiger partial charge on any atom is 0.164 e. The number of ketones is 1. The van der Waals surface area contributed by atoms with E-state index in [1.54, 1.807) is 12.1 Å². The number of carbonyl (C=O) groups excluding carboxylic acids is 1. The Balaban J connectivity index is 1.80. The van der Waals surface area contributed by atoms with Crippen LogP contribution in [0.3, 0.4) is 0 Å². The van der Waals surface area contributed by atoms with E-state index in [0.717, 1.165) is 12.0 Å². The van der Waals surface area contributed by atoms with Gasteiger partial charge >= 0.3 is 0 Å².